The summed E-state index contributed by atoms with van der Waals surface area (Å²) < 4.78 is 12.5. The third kappa shape index (κ3) is 4.26. The summed E-state index contributed by atoms with van der Waals surface area (Å²) in [7, 11) is 0. The molecule has 7 aromatic rings. The quantitative estimate of drug-likeness (QED) is 0.196. The van der Waals surface area contributed by atoms with Gasteiger partial charge in [-0.1, -0.05) is 103 Å². The predicted octanol–water partition coefficient (Wildman–Crippen LogP) is 9.59. The van der Waals surface area contributed by atoms with Crippen LogP contribution in [0.25, 0.3) is 61.4 Å². The lowest BCUT2D eigenvalue weighted by Crippen LogP contribution is -2.20. The first-order valence-electron chi connectivity index (χ1n) is 16.3. The van der Waals surface area contributed by atoms with Crippen LogP contribution in [0.15, 0.2) is 137 Å². The molecule has 48 heavy (non-hydrogen) atoms. The van der Waals surface area contributed by atoms with E-state index in [1.165, 1.54) is 22.3 Å². The Kier molecular flexibility index (Phi) is 6.03. The van der Waals surface area contributed by atoms with Crippen LogP contribution in [-0.2, 0) is 6.42 Å². The van der Waals surface area contributed by atoms with Gasteiger partial charge in [-0.15, -0.1) is 0 Å². The Morgan fingerprint density at radius 1 is 0.646 bits per heavy atom. The zero-order valence-corrected chi connectivity index (χ0v) is 25.9. The van der Waals surface area contributed by atoms with Crippen LogP contribution in [0, 0.1) is 0 Å². The van der Waals surface area contributed by atoms with Crippen LogP contribution in [0.3, 0.4) is 0 Å². The molecule has 0 spiro atoms. The van der Waals surface area contributed by atoms with E-state index in [1.807, 2.05) is 73.1 Å². The second-order valence-corrected chi connectivity index (χ2v) is 12.4. The van der Waals surface area contributed by atoms with Gasteiger partial charge in [0.2, 0.25) is 0 Å². The van der Waals surface area contributed by atoms with E-state index in [2.05, 4.69) is 65.7 Å². The van der Waals surface area contributed by atoms with E-state index in [-0.39, 0.29) is 12.0 Å². The SMILES string of the molecule is C1=CC2c3c(cccc3-c3ccc4c(c3)CCC=C4c3nc(-c4ccccc4)nc(-c4cccc5oc6ccccc6c45)n3)OC2C=N1. The first-order chi connectivity index (χ1) is 23.8. The number of nitrogens with zero attached hydrogens (tertiary/aromatic N) is 4. The van der Waals surface area contributed by atoms with Gasteiger partial charge in [0.1, 0.15) is 23.0 Å². The number of furan rings is 1. The highest BCUT2D eigenvalue weighted by atomic mass is 16.5. The third-order valence-electron chi connectivity index (χ3n) is 9.65. The van der Waals surface area contributed by atoms with E-state index >= 15 is 0 Å². The van der Waals surface area contributed by atoms with Crippen LogP contribution in [0.4, 0.5) is 0 Å². The van der Waals surface area contributed by atoms with Gasteiger partial charge in [0.25, 0.3) is 0 Å². The molecule has 0 bridgehead atoms. The van der Waals surface area contributed by atoms with Crippen molar-refractivity contribution in [2.45, 2.75) is 24.9 Å². The molecule has 5 aromatic carbocycles. The number of para-hydroxylation sites is 1. The molecule has 0 saturated heterocycles. The molecule has 1 aliphatic carbocycles. The zero-order valence-electron chi connectivity index (χ0n) is 25.9. The molecule has 2 aromatic heterocycles. The van der Waals surface area contributed by atoms with Crippen LogP contribution >= 0.6 is 0 Å². The molecule has 2 aliphatic heterocycles. The summed E-state index contributed by atoms with van der Waals surface area (Å²) in [5, 5.41) is 2.05. The topological polar surface area (TPSA) is 73.4 Å². The molecule has 0 N–H and O–H groups in total. The van der Waals surface area contributed by atoms with Gasteiger partial charge in [0.05, 0.1) is 5.92 Å². The van der Waals surface area contributed by atoms with Crippen LogP contribution in [-0.4, -0.2) is 27.3 Å². The average molecular weight is 621 g/mol. The van der Waals surface area contributed by atoms with Crippen molar-refractivity contribution in [2.24, 2.45) is 4.99 Å². The monoisotopic (exact) mass is 620 g/mol. The lowest BCUT2D eigenvalue weighted by molar-refractivity contribution is 0.292. The number of allylic oxidation sites excluding steroid dienone is 1. The van der Waals surface area contributed by atoms with Gasteiger partial charge in [0, 0.05) is 45.5 Å². The maximum atomic E-state index is 6.26. The van der Waals surface area contributed by atoms with Gasteiger partial charge in [-0.05, 0) is 53.3 Å². The minimum atomic E-state index is -0.0546. The molecule has 6 nitrogen and oxygen atoms in total. The Bertz CT molecular complexity index is 2510. The van der Waals surface area contributed by atoms with Crippen LogP contribution < -0.4 is 4.74 Å². The molecule has 228 valence electrons. The van der Waals surface area contributed by atoms with Crippen molar-refractivity contribution in [2.75, 3.05) is 0 Å². The summed E-state index contributed by atoms with van der Waals surface area (Å²) >= 11 is 0. The van der Waals surface area contributed by atoms with Crippen LogP contribution in [0.2, 0.25) is 0 Å². The second kappa shape index (κ2) is 10.7. The minimum Gasteiger partial charge on any atom is -0.483 e. The van der Waals surface area contributed by atoms with E-state index in [4.69, 9.17) is 24.1 Å². The summed E-state index contributed by atoms with van der Waals surface area (Å²) in [6.07, 6.45) is 9.99. The van der Waals surface area contributed by atoms with Gasteiger partial charge in [-0.2, -0.15) is 0 Å². The largest absolute Gasteiger partial charge is 0.483 e. The molecule has 3 aliphatic rings. The lowest BCUT2D eigenvalue weighted by atomic mass is 9.84. The number of aryl methyl sites for hydroxylation is 1. The van der Waals surface area contributed by atoms with Crippen molar-refractivity contribution in [3.63, 3.8) is 0 Å². The van der Waals surface area contributed by atoms with E-state index < -0.39 is 0 Å². The number of hydrogen-bond acceptors (Lipinski definition) is 6. The van der Waals surface area contributed by atoms with Gasteiger partial charge in [-0.3, -0.25) is 4.99 Å². The highest BCUT2D eigenvalue weighted by molar-refractivity contribution is 6.11. The van der Waals surface area contributed by atoms with E-state index in [0.717, 1.165) is 62.8 Å². The number of benzene rings is 5. The molecule has 0 radical (unpaired) electrons. The van der Waals surface area contributed by atoms with Crippen molar-refractivity contribution < 1.29 is 9.15 Å². The molecular weight excluding hydrogens is 592 g/mol. The maximum Gasteiger partial charge on any atom is 0.164 e. The van der Waals surface area contributed by atoms with E-state index in [1.54, 1.807) is 0 Å². The van der Waals surface area contributed by atoms with Gasteiger partial charge < -0.3 is 9.15 Å². The van der Waals surface area contributed by atoms with Gasteiger partial charge in [0.15, 0.2) is 17.5 Å². The standard InChI is InChI=1S/C42H28N4O2/c1-2-9-25(10-3-1)40-44-41(46-42(45-40)33-15-8-18-36-39(33)31-12-4-5-16-34(31)47-36)30-14-6-11-26-23-27(19-20-28(26)30)29-13-7-17-35-38(29)32-21-22-43-24-37(32)48-35/h1-5,7-10,12-24,32,37H,6,11H2. The third-order valence-corrected chi connectivity index (χ3v) is 9.65. The van der Waals surface area contributed by atoms with Crippen molar-refractivity contribution in [1.82, 2.24) is 15.0 Å². The number of fused-ring (bicyclic) bond motifs is 7. The Labute approximate surface area is 276 Å². The summed E-state index contributed by atoms with van der Waals surface area (Å²) in [5.41, 5.74) is 10.6. The summed E-state index contributed by atoms with van der Waals surface area (Å²) in [6, 6.07) is 37.5. The average Bonchev–Trinajstić information content (AvgIpc) is 3.73. The smallest absolute Gasteiger partial charge is 0.164 e. The molecule has 0 amide bonds. The summed E-state index contributed by atoms with van der Waals surface area (Å²) in [5.74, 6) is 3.03. The number of hydrogen-bond donors (Lipinski definition) is 0. The second-order valence-electron chi connectivity index (χ2n) is 12.4. The molecule has 0 fully saturated rings. The van der Waals surface area contributed by atoms with Crippen LogP contribution in [0.1, 0.15) is 34.9 Å². The summed E-state index contributed by atoms with van der Waals surface area (Å²) in [6.45, 7) is 0. The van der Waals surface area contributed by atoms with Gasteiger partial charge >= 0.3 is 0 Å². The highest BCUT2D eigenvalue weighted by Crippen LogP contribution is 2.46. The molecular formula is C42H28N4O2. The molecule has 10 rings (SSSR count). The normalized spacial score (nSPS) is 17.5. The van der Waals surface area contributed by atoms with E-state index in [9.17, 15) is 0 Å². The zero-order chi connectivity index (χ0) is 31.6. The minimum absolute atomic E-state index is 0.0546. The molecule has 4 heterocycles. The number of aromatic nitrogens is 3. The number of aliphatic imine (C=N–C) groups is 1. The van der Waals surface area contributed by atoms with Crippen LogP contribution in [0.5, 0.6) is 5.75 Å². The Balaban J connectivity index is 1.11. The molecule has 2 atom stereocenters. The Morgan fingerprint density at radius 2 is 1.46 bits per heavy atom. The molecule has 0 saturated carbocycles. The number of ether oxygens (including phenoxy) is 1. The van der Waals surface area contributed by atoms with E-state index in [0.29, 0.717) is 17.5 Å². The Hall–Kier alpha value is -6.14. The predicted molar refractivity (Wildman–Crippen MR) is 190 cm³/mol. The lowest BCUT2D eigenvalue weighted by Gasteiger charge is -2.20. The fraction of sp³-hybridized carbons (Fsp3) is 0.0952. The maximum absolute atomic E-state index is 6.26. The van der Waals surface area contributed by atoms with Crippen molar-refractivity contribution >= 4 is 33.7 Å². The Morgan fingerprint density at radius 3 is 2.42 bits per heavy atom. The molecule has 2 unspecified atom stereocenters. The fourth-order valence-corrected chi connectivity index (χ4v) is 7.45. The van der Waals surface area contributed by atoms with Crippen molar-refractivity contribution in [3.05, 3.63) is 150 Å². The van der Waals surface area contributed by atoms with Crippen molar-refractivity contribution in [1.29, 1.82) is 0 Å². The molecule has 6 heteroatoms. The first-order valence-corrected chi connectivity index (χ1v) is 16.3. The number of rotatable bonds is 4. The highest BCUT2D eigenvalue weighted by Gasteiger charge is 2.35. The van der Waals surface area contributed by atoms with Gasteiger partial charge in [-0.25, -0.2) is 15.0 Å². The fourth-order valence-electron chi connectivity index (χ4n) is 7.45. The van der Waals surface area contributed by atoms with Crippen molar-refractivity contribution in [3.8, 4) is 39.7 Å². The first kappa shape index (κ1) is 27.0. The summed E-state index contributed by atoms with van der Waals surface area (Å²) in [4.78, 5) is 19.7.